The van der Waals surface area contributed by atoms with Crippen LogP contribution in [0.1, 0.15) is 15.9 Å². The summed E-state index contributed by atoms with van der Waals surface area (Å²) in [6.07, 6.45) is 0. The number of aromatic nitrogens is 3. The predicted octanol–water partition coefficient (Wildman–Crippen LogP) is 4.97. The molecule has 0 unspecified atom stereocenters. The fourth-order valence-corrected chi connectivity index (χ4v) is 5.58. The number of carbonyl (C=O) groups is 1. The fraction of sp³-hybridized carbons (Fsp3) is 0.185. The lowest BCUT2D eigenvalue weighted by atomic mass is 10.1. The van der Waals surface area contributed by atoms with Crippen LogP contribution in [-0.2, 0) is 0 Å². The Balaban J connectivity index is 1.23. The lowest BCUT2D eigenvalue weighted by Gasteiger charge is -2.37. The molecule has 37 heavy (non-hydrogen) atoms. The first-order valence-corrected chi connectivity index (χ1v) is 13.1. The van der Waals surface area contributed by atoms with Gasteiger partial charge in [0, 0.05) is 48.1 Å². The van der Waals surface area contributed by atoms with Gasteiger partial charge in [-0.3, -0.25) is 9.59 Å². The van der Waals surface area contributed by atoms with E-state index in [0.29, 0.717) is 44.7 Å². The monoisotopic (exact) mass is 530 g/mol. The average Bonchev–Trinajstić information content (AvgIpc) is 3.32. The highest BCUT2D eigenvalue weighted by Gasteiger charge is 2.24. The zero-order valence-electron chi connectivity index (χ0n) is 20.0. The first-order chi connectivity index (χ1) is 18.0. The van der Waals surface area contributed by atoms with Crippen molar-refractivity contribution in [3.63, 3.8) is 0 Å². The van der Waals surface area contributed by atoms with E-state index in [4.69, 9.17) is 11.6 Å². The molecule has 8 nitrogen and oxygen atoms in total. The summed E-state index contributed by atoms with van der Waals surface area (Å²) in [5.74, 6) is -0.0675. The molecular formula is C27H23ClN6O2S. The van der Waals surface area contributed by atoms with Crippen molar-refractivity contribution in [2.24, 2.45) is 0 Å². The molecule has 2 aromatic heterocycles. The number of amides is 1. The van der Waals surface area contributed by atoms with Gasteiger partial charge in [0.15, 0.2) is 0 Å². The zero-order valence-corrected chi connectivity index (χ0v) is 21.6. The summed E-state index contributed by atoms with van der Waals surface area (Å²) in [6, 6.07) is 20.6. The third-order valence-electron chi connectivity index (χ3n) is 6.55. The van der Waals surface area contributed by atoms with Crippen LogP contribution in [-0.4, -0.2) is 51.6 Å². The highest BCUT2D eigenvalue weighted by Crippen LogP contribution is 2.26. The van der Waals surface area contributed by atoms with Crippen molar-refractivity contribution in [2.45, 2.75) is 6.92 Å². The normalized spacial score (nSPS) is 13.9. The van der Waals surface area contributed by atoms with Crippen LogP contribution < -0.4 is 15.8 Å². The van der Waals surface area contributed by atoms with E-state index in [1.165, 1.54) is 15.9 Å². The molecule has 3 aromatic carbocycles. The topological polar surface area (TPSA) is 82.8 Å². The average molecular weight is 531 g/mol. The van der Waals surface area contributed by atoms with Gasteiger partial charge in [0.2, 0.25) is 10.1 Å². The largest absolute Gasteiger partial charge is 0.368 e. The fourth-order valence-electron chi connectivity index (χ4n) is 4.59. The molecular weight excluding hydrogens is 508 g/mol. The van der Waals surface area contributed by atoms with Crippen molar-refractivity contribution in [3.8, 4) is 0 Å². The summed E-state index contributed by atoms with van der Waals surface area (Å²) in [5.41, 5.74) is 3.87. The maximum absolute atomic E-state index is 13.3. The van der Waals surface area contributed by atoms with Crippen LogP contribution in [0.5, 0.6) is 0 Å². The number of fused-ring (bicyclic) bond motifs is 2. The number of hydrogen-bond donors (Lipinski definition) is 1. The van der Waals surface area contributed by atoms with Crippen molar-refractivity contribution >= 4 is 61.2 Å². The number of halogens is 1. The summed E-state index contributed by atoms with van der Waals surface area (Å²) in [7, 11) is 0. The number of benzene rings is 3. The van der Waals surface area contributed by atoms with E-state index in [1.54, 1.807) is 18.2 Å². The number of carbonyl (C=O) groups excluding carboxylic acids is 1. The summed E-state index contributed by atoms with van der Waals surface area (Å²) in [4.78, 5) is 35.6. The Morgan fingerprint density at radius 2 is 1.78 bits per heavy atom. The molecule has 3 heterocycles. The number of nitrogens with one attached hydrogen (secondary N) is 1. The van der Waals surface area contributed by atoms with E-state index in [9.17, 15) is 9.59 Å². The molecule has 0 spiro atoms. The highest BCUT2D eigenvalue weighted by molar-refractivity contribution is 7.20. The van der Waals surface area contributed by atoms with Gasteiger partial charge in [-0.2, -0.15) is 4.52 Å². The third-order valence-corrected chi connectivity index (χ3v) is 7.61. The number of nitrogens with zero attached hydrogens (tertiary/aromatic N) is 5. The second-order valence-electron chi connectivity index (χ2n) is 8.95. The van der Waals surface area contributed by atoms with E-state index < -0.39 is 0 Å². The molecule has 1 fully saturated rings. The Hall–Kier alpha value is -3.95. The van der Waals surface area contributed by atoms with Gasteiger partial charge in [0.25, 0.3) is 11.5 Å². The standard InChI is InChI=1S/C27H23ClN6O2S/c1-17-7-9-19(28)16-23(17)32-11-13-33(14-12-32)24(35)18-8-10-21-22(15-18)30-27-34(25(21)36)31-26(37-27)29-20-5-3-2-4-6-20/h2-10,15-16H,11-14H2,1H3,(H,29,31). The Morgan fingerprint density at radius 1 is 1.00 bits per heavy atom. The molecule has 186 valence electrons. The Kier molecular flexibility index (Phi) is 6.02. The van der Waals surface area contributed by atoms with E-state index >= 15 is 0 Å². The van der Waals surface area contributed by atoms with Crippen molar-refractivity contribution in [1.82, 2.24) is 19.5 Å². The lowest BCUT2D eigenvalue weighted by Crippen LogP contribution is -2.49. The molecule has 6 rings (SSSR count). The number of aryl methyl sites for hydroxylation is 1. The number of piperazine rings is 1. The molecule has 1 aliphatic rings. The first-order valence-electron chi connectivity index (χ1n) is 11.9. The molecule has 1 amide bonds. The second-order valence-corrected chi connectivity index (χ2v) is 10.3. The summed E-state index contributed by atoms with van der Waals surface area (Å²) in [6.45, 7) is 4.70. The van der Waals surface area contributed by atoms with Crippen LogP contribution >= 0.6 is 22.9 Å². The maximum Gasteiger partial charge on any atom is 0.283 e. The second kappa shape index (κ2) is 9.49. The Bertz CT molecular complexity index is 1690. The van der Waals surface area contributed by atoms with Crippen molar-refractivity contribution in [3.05, 3.63) is 93.2 Å². The summed E-state index contributed by atoms with van der Waals surface area (Å²) in [5, 5.41) is 9.29. The predicted molar refractivity (Wildman–Crippen MR) is 149 cm³/mol. The maximum atomic E-state index is 13.3. The first kappa shape index (κ1) is 23.4. The molecule has 0 bridgehead atoms. The minimum Gasteiger partial charge on any atom is -0.368 e. The Morgan fingerprint density at radius 3 is 2.57 bits per heavy atom. The van der Waals surface area contributed by atoms with Gasteiger partial charge in [0.1, 0.15) is 0 Å². The van der Waals surface area contributed by atoms with E-state index in [0.717, 1.165) is 30.0 Å². The molecule has 0 saturated carbocycles. The molecule has 1 aliphatic heterocycles. The van der Waals surface area contributed by atoms with Crippen LogP contribution in [0.15, 0.2) is 71.5 Å². The zero-order chi connectivity index (χ0) is 25.5. The van der Waals surface area contributed by atoms with Crippen molar-refractivity contribution in [1.29, 1.82) is 0 Å². The van der Waals surface area contributed by atoms with Gasteiger partial charge in [-0.1, -0.05) is 47.2 Å². The molecule has 1 N–H and O–H groups in total. The van der Waals surface area contributed by atoms with Gasteiger partial charge < -0.3 is 15.1 Å². The number of anilines is 3. The van der Waals surface area contributed by atoms with E-state index in [2.05, 4.69) is 27.2 Å². The van der Waals surface area contributed by atoms with Crippen molar-refractivity contribution < 1.29 is 4.79 Å². The van der Waals surface area contributed by atoms with Gasteiger partial charge in [-0.15, -0.1) is 5.10 Å². The molecule has 0 aliphatic carbocycles. The van der Waals surface area contributed by atoms with Gasteiger partial charge in [-0.25, -0.2) is 4.98 Å². The van der Waals surface area contributed by atoms with Crippen LogP contribution in [0.25, 0.3) is 15.9 Å². The van der Waals surface area contributed by atoms with Gasteiger partial charge in [-0.05, 0) is 55.0 Å². The van der Waals surface area contributed by atoms with Crippen LogP contribution in [0.2, 0.25) is 5.02 Å². The van der Waals surface area contributed by atoms with E-state index in [-0.39, 0.29) is 11.5 Å². The van der Waals surface area contributed by atoms with Crippen LogP contribution in [0, 0.1) is 6.92 Å². The molecule has 1 saturated heterocycles. The number of hydrogen-bond acceptors (Lipinski definition) is 7. The molecule has 0 atom stereocenters. The molecule has 0 radical (unpaired) electrons. The van der Waals surface area contributed by atoms with Gasteiger partial charge >= 0.3 is 0 Å². The summed E-state index contributed by atoms with van der Waals surface area (Å²) >= 11 is 7.48. The molecule has 10 heteroatoms. The van der Waals surface area contributed by atoms with Crippen LogP contribution in [0.3, 0.4) is 0 Å². The summed E-state index contributed by atoms with van der Waals surface area (Å²) < 4.78 is 1.30. The van der Waals surface area contributed by atoms with E-state index in [1.807, 2.05) is 53.4 Å². The Labute approximate surface area is 221 Å². The van der Waals surface area contributed by atoms with Crippen molar-refractivity contribution in [2.75, 3.05) is 36.4 Å². The highest BCUT2D eigenvalue weighted by atomic mass is 35.5. The quantitative estimate of drug-likeness (QED) is 0.353. The number of para-hydroxylation sites is 1. The van der Waals surface area contributed by atoms with Crippen LogP contribution in [0.4, 0.5) is 16.5 Å². The third kappa shape index (κ3) is 4.52. The molecule has 5 aromatic rings. The minimum atomic E-state index is -0.262. The minimum absolute atomic E-state index is 0.0675. The SMILES string of the molecule is Cc1ccc(Cl)cc1N1CCN(C(=O)c2ccc3c(=O)n4nc(Nc5ccccc5)sc4nc3c2)CC1. The smallest absolute Gasteiger partial charge is 0.283 e. The lowest BCUT2D eigenvalue weighted by molar-refractivity contribution is 0.0747. The van der Waals surface area contributed by atoms with Gasteiger partial charge in [0.05, 0.1) is 10.9 Å². The number of rotatable bonds is 4.